The Morgan fingerprint density at radius 1 is 1.12 bits per heavy atom. The maximum atomic E-state index is 9.10. The van der Waals surface area contributed by atoms with Gasteiger partial charge < -0.3 is 10.2 Å². The normalized spacial score (nSPS) is 14.0. The fraction of sp³-hybridized carbons (Fsp3) is 1.00. The van der Waals surface area contributed by atoms with Crippen LogP contribution < -0.4 is 0 Å². The lowest BCUT2D eigenvalue weighted by atomic mass is 9.57. The Balaban J connectivity index is 4.02. The van der Waals surface area contributed by atoms with Crippen LogP contribution in [0.15, 0.2) is 0 Å². The summed E-state index contributed by atoms with van der Waals surface area (Å²) in [6.07, 6.45) is 0. The van der Waals surface area contributed by atoms with Crippen molar-refractivity contribution in [2.75, 3.05) is 0 Å². The number of aliphatic hydroxyl groups is 2. The van der Waals surface area contributed by atoms with Crippen LogP contribution in [0.2, 0.25) is 0 Å². The van der Waals surface area contributed by atoms with Crippen molar-refractivity contribution in [1.82, 2.24) is 0 Å². The van der Waals surface area contributed by atoms with Gasteiger partial charge in [-0.15, -0.1) is 0 Å². The molecule has 8 heavy (non-hydrogen) atoms. The summed E-state index contributed by atoms with van der Waals surface area (Å²) in [5.74, 6) is 0. The molecule has 4 heteroatoms. The average Bonchev–Trinajstić information content (AvgIpc) is 1.25. The monoisotopic (exact) mass is 114 g/mol. The molecule has 0 rings (SSSR count). The molecule has 0 radical (unpaired) electrons. The first-order valence-corrected chi connectivity index (χ1v) is 2.70. The van der Waals surface area contributed by atoms with E-state index in [1.54, 1.807) is 29.5 Å². The molecular weight excluding hydrogens is 102 g/mol. The van der Waals surface area contributed by atoms with E-state index in [0.29, 0.717) is 0 Å². The Morgan fingerprint density at radius 2 is 1.25 bits per heavy atom. The molecule has 0 heterocycles. The summed E-state index contributed by atoms with van der Waals surface area (Å²) in [6.45, 7) is 3.15. The van der Waals surface area contributed by atoms with Gasteiger partial charge in [0.05, 0.1) is 5.60 Å². The molecule has 0 aliphatic carbocycles. The van der Waals surface area contributed by atoms with Crippen molar-refractivity contribution in [1.29, 1.82) is 0 Å². The Labute approximate surface area is 51.7 Å². The predicted molar refractivity (Wildman–Crippen MR) is 38.3 cm³/mol. The molecule has 2 N–H and O–H groups in total. The standard InChI is InChI=1S/C4H12B2O2/c1-3(2,7)4(5,6)8/h7-8H,5-6H2,1-2H3. The highest BCUT2D eigenvalue weighted by molar-refractivity contribution is 6.39. The molecule has 0 aliphatic heterocycles. The van der Waals surface area contributed by atoms with E-state index in [2.05, 4.69) is 0 Å². The summed E-state index contributed by atoms with van der Waals surface area (Å²) in [5, 5.41) is 17.2. The fourth-order valence-corrected chi connectivity index (χ4v) is 0. The van der Waals surface area contributed by atoms with Gasteiger partial charge in [0, 0.05) is 5.40 Å². The fourth-order valence-electron chi connectivity index (χ4n) is 0. The minimum Gasteiger partial charge on any atom is -0.405 e. The molecule has 0 atom stereocenters. The Bertz CT molecular complexity index is 67.0. The molecule has 0 aliphatic rings. The van der Waals surface area contributed by atoms with Gasteiger partial charge in [-0.1, -0.05) is 0 Å². The summed E-state index contributed by atoms with van der Waals surface area (Å²) >= 11 is 0. The van der Waals surface area contributed by atoms with Crippen LogP contribution >= 0.6 is 0 Å². The molecule has 0 amide bonds. The van der Waals surface area contributed by atoms with E-state index >= 15 is 0 Å². The zero-order valence-electron chi connectivity index (χ0n) is 5.89. The molecule has 0 aromatic rings. The van der Waals surface area contributed by atoms with Gasteiger partial charge in [-0.05, 0) is 13.8 Å². The van der Waals surface area contributed by atoms with Gasteiger partial charge in [0.25, 0.3) is 0 Å². The number of rotatable bonds is 1. The molecule has 46 valence electrons. The maximum Gasteiger partial charge on any atom is 0.135 e. The lowest BCUT2D eigenvalue weighted by Crippen LogP contribution is -2.51. The molecule has 0 aromatic carbocycles. The third kappa shape index (κ3) is 1.88. The second-order valence-corrected chi connectivity index (χ2v) is 3.12. The van der Waals surface area contributed by atoms with Crippen LogP contribution in [0, 0.1) is 0 Å². The largest absolute Gasteiger partial charge is 0.405 e. The van der Waals surface area contributed by atoms with Crippen LogP contribution in [-0.2, 0) is 0 Å². The first-order chi connectivity index (χ1) is 3.25. The predicted octanol–water partition coefficient (Wildman–Crippen LogP) is -2.33. The highest BCUT2D eigenvalue weighted by atomic mass is 16.3. The van der Waals surface area contributed by atoms with Crippen molar-refractivity contribution in [2.45, 2.75) is 24.8 Å². The first-order valence-electron chi connectivity index (χ1n) is 2.70. The zero-order chi connectivity index (χ0) is 7.00. The van der Waals surface area contributed by atoms with Crippen LogP contribution in [0.1, 0.15) is 13.8 Å². The van der Waals surface area contributed by atoms with Crippen LogP contribution in [-0.4, -0.2) is 36.9 Å². The SMILES string of the molecule is BC(B)(O)C(C)(C)O. The zero-order valence-corrected chi connectivity index (χ0v) is 5.89. The third-order valence-electron chi connectivity index (χ3n) is 1.50. The van der Waals surface area contributed by atoms with Crippen LogP contribution in [0.25, 0.3) is 0 Å². The summed E-state index contributed by atoms with van der Waals surface area (Å²) < 4.78 is 0. The second kappa shape index (κ2) is 1.78. The highest BCUT2D eigenvalue weighted by Gasteiger charge is 2.31. The van der Waals surface area contributed by atoms with Crippen LogP contribution in [0.4, 0.5) is 0 Å². The summed E-state index contributed by atoms with van der Waals surface area (Å²) in [4.78, 5) is 0. The van der Waals surface area contributed by atoms with Crippen LogP contribution in [0.3, 0.4) is 0 Å². The minimum absolute atomic E-state index is 1.01. The lowest BCUT2D eigenvalue weighted by Gasteiger charge is -2.32. The highest BCUT2D eigenvalue weighted by Crippen LogP contribution is 2.12. The Morgan fingerprint density at radius 3 is 1.25 bits per heavy atom. The van der Waals surface area contributed by atoms with E-state index in [4.69, 9.17) is 10.2 Å². The van der Waals surface area contributed by atoms with Crippen molar-refractivity contribution in [3.05, 3.63) is 0 Å². The van der Waals surface area contributed by atoms with Gasteiger partial charge in [-0.2, -0.15) is 0 Å². The topological polar surface area (TPSA) is 40.5 Å². The van der Waals surface area contributed by atoms with E-state index in [0.717, 1.165) is 0 Å². The van der Waals surface area contributed by atoms with Gasteiger partial charge in [0.15, 0.2) is 0 Å². The maximum absolute atomic E-state index is 9.10. The second-order valence-electron chi connectivity index (χ2n) is 3.12. The van der Waals surface area contributed by atoms with Crippen LogP contribution in [0.5, 0.6) is 0 Å². The molecule has 0 bridgehead atoms. The molecule has 0 spiro atoms. The van der Waals surface area contributed by atoms with E-state index in [9.17, 15) is 0 Å². The van der Waals surface area contributed by atoms with Crippen molar-refractivity contribution < 1.29 is 10.2 Å². The van der Waals surface area contributed by atoms with Crippen molar-refractivity contribution >= 4 is 15.7 Å². The minimum atomic E-state index is -1.01. The third-order valence-corrected chi connectivity index (χ3v) is 1.50. The van der Waals surface area contributed by atoms with E-state index in [-0.39, 0.29) is 0 Å². The van der Waals surface area contributed by atoms with E-state index in [1.165, 1.54) is 0 Å². The Hall–Kier alpha value is 0.0499. The smallest absolute Gasteiger partial charge is 0.135 e. The van der Waals surface area contributed by atoms with Crippen molar-refractivity contribution in [2.24, 2.45) is 0 Å². The summed E-state index contributed by atoms with van der Waals surface area (Å²) in [6, 6.07) is 0. The van der Waals surface area contributed by atoms with Gasteiger partial charge >= 0.3 is 0 Å². The summed E-state index contributed by atoms with van der Waals surface area (Å²) in [7, 11) is 3.15. The summed E-state index contributed by atoms with van der Waals surface area (Å²) in [5.41, 5.74) is -1.01. The molecule has 0 saturated heterocycles. The van der Waals surface area contributed by atoms with Gasteiger partial charge in [-0.3, -0.25) is 0 Å². The molecule has 2 nitrogen and oxygen atoms in total. The van der Waals surface area contributed by atoms with Gasteiger partial charge in [0.2, 0.25) is 0 Å². The van der Waals surface area contributed by atoms with Gasteiger partial charge in [0.1, 0.15) is 15.7 Å². The number of hydrogen-bond acceptors (Lipinski definition) is 2. The molecule has 0 saturated carbocycles. The quantitative estimate of drug-likeness (QED) is 0.375. The molecular formula is C4H12B2O2. The lowest BCUT2D eigenvalue weighted by molar-refractivity contribution is -0.0300. The molecule has 0 aromatic heterocycles. The molecule has 0 fully saturated rings. The van der Waals surface area contributed by atoms with Gasteiger partial charge in [-0.25, -0.2) is 0 Å². The first kappa shape index (κ1) is 8.05. The van der Waals surface area contributed by atoms with E-state index < -0.39 is 11.0 Å². The van der Waals surface area contributed by atoms with Crippen molar-refractivity contribution in [3.8, 4) is 0 Å². The van der Waals surface area contributed by atoms with Crippen molar-refractivity contribution in [3.63, 3.8) is 0 Å². The Kier molecular flexibility index (Phi) is 1.79. The average molecular weight is 114 g/mol. The molecule has 0 unspecified atom stereocenters. The van der Waals surface area contributed by atoms with E-state index in [1.807, 2.05) is 0 Å². The number of hydrogen-bond donors (Lipinski definition) is 2.